The van der Waals surface area contributed by atoms with Gasteiger partial charge in [0.2, 0.25) is 0 Å². The van der Waals surface area contributed by atoms with E-state index in [0.29, 0.717) is 17.7 Å². The Morgan fingerprint density at radius 2 is 1.71 bits per heavy atom. The second-order valence-electron chi connectivity index (χ2n) is 6.99. The van der Waals surface area contributed by atoms with Crippen LogP contribution < -0.4 is 10.6 Å². The summed E-state index contributed by atoms with van der Waals surface area (Å²) in [4.78, 5) is 36.2. The predicted molar refractivity (Wildman–Crippen MR) is 104 cm³/mol. The maximum Gasteiger partial charge on any atom is 0.326 e. The molecular formula is C21H23FN2O4. The number of carboxylic acids is 1. The quantitative estimate of drug-likeness (QED) is 0.677. The fourth-order valence-corrected chi connectivity index (χ4v) is 2.66. The van der Waals surface area contributed by atoms with E-state index >= 15 is 0 Å². The van der Waals surface area contributed by atoms with Crippen LogP contribution in [0.4, 0.5) is 10.1 Å². The zero-order chi connectivity index (χ0) is 20.8. The van der Waals surface area contributed by atoms with Gasteiger partial charge in [-0.2, -0.15) is 0 Å². The summed E-state index contributed by atoms with van der Waals surface area (Å²) in [5.74, 6) is -2.59. The van der Waals surface area contributed by atoms with Crippen molar-refractivity contribution in [2.45, 2.75) is 33.2 Å². The zero-order valence-electron chi connectivity index (χ0n) is 16.0. The van der Waals surface area contributed by atoms with Crippen LogP contribution >= 0.6 is 0 Å². The van der Waals surface area contributed by atoms with Crippen LogP contribution in [-0.4, -0.2) is 28.9 Å². The minimum Gasteiger partial charge on any atom is -0.480 e. The molecule has 28 heavy (non-hydrogen) atoms. The molecule has 2 rings (SSSR count). The average molecular weight is 386 g/mol. The van der Waals surface area contributed by atoms with Gasteiger partial charge in [-0.25, -0.2) is 9.18 Å². The second kappa shape index (κ2) is 9.12. The number of rotatable bonds is 7. The van der Waals surface area contributed by atoms with E-state index in [9.17, 15) is 23.9 Å². The first-order chi connectivity index (χ1) is 13.2. The number of hydrogen-bond acceptors (Lipinski definition) is 3. The predicted octanol–water partition coefficient (Wildman–Crippen LogP) is 3.62. The van der Waals surface area contributed by atoms with Gasteiger partial charge in [0, 0.05) is 16.8 Å². The monoisotopic (exact) mass is 386 g/mol. The molecule has 0 aliphatic carbocycles. The van der Waals surface area contributed by atoms with E-state index in [-0.39, 0.29) is 17.0 Å². The number of hydrogen-bond donors (Lipinski definition) is 3. The van der Waals surface area contributed by atoms with Gasteiger partial charge in [-0.3, -0.25) is 9.59 Å². The SMILES string of the molecule is Cc1ccc(C(=O)NC(CC(C)C)C(=O)O)cc1NC(=O)c1cccc(F)c1. The highest BCUT2D eigenvalue weighted by molar-refractivity contribution is 6.05. The van der Waals surface area contributed by atoms with E-state index in [1.807, 2.05) is 13.8 Å². The van der Waals surface area contributed by atoms with Crippen molar-refractivity contribution in [1.29, 1.82) is 0 Å². The molecule has 1 atom stereocenters. The Labute approximate surface area is 162 Å². The number of amides is 2. The van der Waals surface area contributed by atoms with Gasteiger partial charge >= 0.3 is 5.97 Å². The van der Waals surface area contributed by atoms with Gasteiger partial charge in [-0.05, 0) is 55.2 Å². The number of carboxylic acid groups (broad SMARTS) is 1. The molecule has 6 nitrogen and oxygen atoms in total. The summed E-state index contributed by atoms with van der Waals surface area (Å²) in [6.07, 6.45) is 0.302. The lowest BCUT2D eigenvalue weighted by Crippen LogP contribution is -2.41. The van der Waals surface area contributed by atoms with E-state index < -0.39 is 29.6 Å². The molecule has 1 unspecified atom stereocenters. The normalized spacial score (nSPS) is 11.8. The first-order valence-corrected chi connectivity index (χ1v) is 8.88. The number of carbonyl (C=O) groups excluding carboxylic acids is 2. The zero-order valence-corrected chi connectivity index (χ0v) is 16.0. The lowest BCUT2D eigenvalue weighted by Gasteiger charge is -2.17. The van der Waals surface area contributed by atoms with Crippen molar-refractivity contribution in [3.05, 3.63) is 65.0 Å². The van der Waals surface area contributed by atoms with Crippen molar-refractivity contribution in [3.63, 3.8) is 0 Å². The molecule has 3 N–H and O–H groups in total. The van der Waals surface area contributed by atoms with Crippen LogP contribution in [0.5, 0.6) is 0 Å². The maximum absolute atomic E-state index is 13.3. The molecule has 0 spiro atoms. The molecule has 0 radical (unpaired) electrons. The van der Waals surface area contributed by atoms with Gasteiger partial charge in [-0.1, -0.05) is 26.0 Å². The van der Waals surface area contributed by atoms with E-state index in [4.69, 9.17) is 0 Å². The van der Waals surface area contributed by atoms with Crippen LogP contribution in [0, 0.1) is 18.7 Å². The van der Waals surface area contributed by atoms with Crippen molar-refractivity contribution < 1.29 is 23.9 Å². The van der Waals surface area contributed by atoms with Gasteiger partial charge in [0.05, 0.1) is 0 Å². The van der Waals surface area contributed by atoms with Gasteiger partial charge in [0.25, 0.3) is 11.8 Å². The first-order valence-electron chi connectivity index (χ1n) is 8.88. The number of benzene rings is 2. The average Bonchev–Trinajstić information content (AvgIpc) is 2.62. The van der Waals surface area contributed by atoms with Crippen molar-refractivity contribution in [3.8, 4) is 0 Å². The molecule has 0 fully saturated rings. The van der Waals surface area contributed by atoms with Crippen molar-refractivity contribution in [1.82, 2.24) is 5.32 Å². The van der Waals surface area contributed by atoms with Gasteiger partial charge in [0.15, 0.2) is 0 Å². The number of halogens is 1. The molecule has 0 aliphatic rings. The third-order valence-electron chi connectivity index (χ3n) is 4.15. The molecule has 0 saturated heterocycles. The third kappa shape index (κ3) is 5.64. The largest absolute Gasteiger partial charge is 0.480 e. The van der Waals surface area contributed by atoms with Crippen LogP contribution in [0.1, 0.15) is 46.5 Å². The van der Waals surface area contributed by atoms with Crippen LogP contribution in [0.15, 0.2) is 42.5 Å². The van der Waals surface area contributed by atoms with E-state index in [2.05, 4.69) is 10.6 Å². The molecule has 0 aliphatic heterocycles. The summed E-state index contributed by atoms with van der Waals surface area (Å²) in [5, 5.41) is 14.4. The summed E-state index contributed by atoms with van der Waals surface area (Å²) >= 11 is 0. The summed E-state index contributed by atoms with van der Waals surface area (Å²) < 4.78 is 13.3. The molecule has 0 saturated carbocycles. The first kappa shape index (κ1) is 21.1. The fourth-order valence-electron chi connectivity index (χ4n) is 2.66. The van der Waals surface area contributed by atoms with E-state index in [1.54, 1.807) is 19.1 Å². The highest BCUT2D eigenvalue weighted by Crippen LogP contribution is 2.19. The molecular weight excluding hydrogens is 363 g/mol. The number of nitrogens with one attached hydrogen (secondary N) is 2. The second-order valence-corrected chi connectivity index (χ2v) is 6.99. The molecule has 0 aromatic heterocycles. The third-order valence-corrected chi connectivity index (χ3v) is 4.15. The van der Waals surface area contributed by atoms with Crippen LogP contribution in [-0.2, 0) is 4.79 Å². The fraction of sp³-hybridized carbons (Fsp3) is 0.286. The number of aliphatic carboxylic acids is 1. The number of carbonyl (C=O) groups is 3. The Balaban J connectivity index is 2.18. The van der Waals surface area contributed by atoms with Crippen molar-refractivity contribution in [2.24, 2.45) is 5.92 Å². The highest BCUT2D eigenvalue weighted by Gasteiger charge is 2.22. The summed E-state index contributed by atoms with van der Waals surface area (Å²) in [6, 6.07) is 8.93. The summed E-state index contributed by atoms with van der Waals surface area (Å²) in [7, 11) is 0. The molecule has 2 amide bonds. The Morgan fingerprint density at radius 3 is 2.32 bits per heavy atom. The lowest BCUT2D eigenvalue weighted by atomic mass is 10.0. The molecule has 7 heteroatoms. The smallest absolute Gasteiger partial charge is 0.326 e. The number of anilines is 1. The lowest BCUT2D eigenvalue weighted by molar-refractivity contribution is -0.139. The summed E-state index contributed by atoms with van der Waals surface area (Å²) in [6.45, 7) is 5.49. The molecule has 2 aromatic carbocycles. The van der Waals surface area contributed by atoms with Crippen molar-refractivity contribution >= 4 is 23.5 Å². The topological polar surface area (TPSA) is 95.5 Å². The van der Waals surface area contributed by atoms with Gasteiger partial charge in [-0.15, -0.1) is 0 Å². The Morgan fingerprint density at radius 1 is 1.04 bits per heavy atom. The van der Waals surface area contributed by atoms with Gasteiger partial charge in [0.1, 0.15) is 11.9 Å². The Kier molecular flexibility index (Phi) is 6.87. The van der Waals surface area contributed by atoms with E-state index in [1.165, 1.54) is 24.3 Å². The Bertz CT molecular complexity index is 896. The minimum atomic E-state index is -1.10. The van der Waals surface area contributed by atoms with Crippen LogP contribution in [0.3, 0.4) is 0 Å². The van der Waals surface area contributed by atoms with Crippen molar-refractivity contribution in [2.75, 3.05) is 5.32 Å². The molecule has 0 heterocycles. The van der Waals surface area contributed by atoms with Crippen LogP contribution in [0.2, 0.25) is 0 Å². The number of aryl methyl sites for hydroxylation is 1. The summed E-state index contributed by atoms with van der Waals surface area (Å²) in [5.41, 5.74) is 1.46. The molecule has 148 valence electrons. The van der Waals surface area contributed by atoms with Crippen LogP contribution in [0.25, 0.3) is 0 Å². The minimum absolute atomic E-state index is 0.0977. The standard InChI is InChI=1S/C21H23FN2O4/c1-12(2)9-18(21(27)28)24-20(26)15-8-7-13(3)17(11-15)23-19(25)14-5-4-6-16(22)10-14/h4-8,10-12,18H,9H2,1-3H3,(H,23,25)(H,24,26)(H,27,28). The highest BCUT2D eigenvalue weighted by atomic mass is 19.1. The Hall–Kier alpha value is -3.22. The maximum atomic E-state index is 13.3. The van der Waals surface area contributed by atoms with E-state index in [0.717, 1.165) is 6.07 Å². The van der Waals surface area contributed by atoms with Gasteiger partial charge < -0.3 is 15.7 Å². The molecule has 2 aromatic rings. The molecule has 0 bridgehead atoms.